The maximum Gasteiger partial charge on any atom is 0.239 e. The fourth-order valence-corrected chi connectivity index (χ4v) is 7.06. The van der Waals surface area contributed by atoms with E-state index >= 15 is 0 Å². The van der Waals surface area contributed by atoms with Gasteiger partial charge < -0.3 is 20.9 Å². The van der Waals surface area contributed by atoms with Crippen LogP contribution in [0.2, 0.25) is 0 Å². The second-order valence-electron chi connectivity index (χ2n) is 13.5. The largest absolute Gasteiger partial charge is 0.357 e. The van der Waals surface area contributed by atoms with Gasteiger partial charge in [-0.15, -0.1) is 0 Å². The van der Waals surface area contributed by atoms with Crippen molar-refractivity contribution in [3.63, 3.8) is 0 Å². The van der Waals surface area contributed by atoms with Gasteiger partial charge in [-0.05, 0) is 70.1 Å². The molecule has 6 nitrogen and oxygen atoms in total. The van der Waals surface area contributed by atoms with Crippen molar-refractivity contribution in [1.82, 2.24) is 10.6 Å². The highest BCUT2D eigenvalue weighted by Gasteiger charge is 2.43. The molecule has 3 aliphatic rings. The summed E-state index contributed by atoms with van der Waals surface area (Å²) in [4.78, 5) is 29.7. The van der Waals surface area contributed by atoms with Gasteiger partial charge in [0, 0.05) is 34.8 Å². The Bertz CT molecular complexity index is 1250. The van der Waals surface area contributed by atoms with Crippen LogP contribution < -0.4 is 20.9 Å². The first-order chi connectivity index (χ1) is 17.8. The van der Waals surface area contributed by atoms with Gasteiger partial charge in [-0.25, -0.2) is 0 Å². The van der Waals surface area contributed by atoms with E-state index in [0.29, 0.717) is 6.42 Å². The molecule has 1 saturated heterocycles. The molecule has 6 heteroatoms. The first-order valence-corrected chi connectivity index (χ1v) is 13.9. The highest BCUT2D eigenvalue weighted by Crippen LogP contribution is 2.48. The third-order valence-electron chi connectivity index (χ3n) is 7.99. The number of nitrogens with one attached hydrogen (secondary N) is 3. The third-order valence-corrected chi connectivity index (χ3v) is 7.99. The third kappa shape index (κ3) is 5.51. The van der Waals surface area contributed by atoms with Crippen molar-refractivity contribution >= 4 is 23.1 Å². The lowest BCUT2D eigenvalue weighted by Gasteiger charge is -2.46. The summed E-state index contributed by atoms with van der Waals surface area (Å²) in [7, 11) is 0. The van der Waals surface area contributed by atoms with Crippen LogP contribution in [-0.2, 0) is 9.59 Å². The molecule has 0 bridgehead atoms. The number of benzene rings is 2. The van der Waals surface area contributed by atoms with E-state index < -0.39 is 0 Å². The summed E-state index contributed by atoms with van der Waals surface area (Å²) >= 11 is 0. The van der Waals surface area contributed by atoms with E-state index in [0.717, 1.165) is 47.5 Å². The SMILES string of the molecule is CC1(C)CC(=O)C2=C(C1)Nc1ccccc1N(CC(=O)NC1CC(C)(C)NC(C)(C)C1)C2c1ccccc1. The van der Waals surface area contributed by atoms with E-state index in [9.17, 15) is 9.59 Å². The molecule has 0 saturated carbocycles. The molecular formula is C32H42N4O2. The van der Waals surface area contributed by atoms with Crippen LogP contribution in [0.25, 0.3) is 0 Å². The van der Waals surface area contributed by atoms with Gasteiger partial charge in [0.15, 0.2) is 5.78 Å². The Hall–Kier alpha value is -3.12. The molecule has 1 fully saturated rings. The zero-order valence-corrected chi connectivity index (χ0v) is 23.7. The van der Waals surface area contributed by atoms with Crippen molar-refractivity contribution in [2.75, 3.05) is 16.8 Å². The number of rotatable bonds is 4. The van der Waals surface area contributed by atoms with Crippen molar-refractivity contribution in [1.29, 1.82) is 0 Å². The predicted molar refractivity (Wildman–Crippen MR) is 154 cm³/mol. The number of para-hydroxylation sites is 2. The summed E-state index contributed by atoms with van der Waals surface area (Å²) in [5, 5.41) is 10.7. The molecule has 0 spiro atoms. The van der Waals surface area contributed by atoms with Gasteiger partial charge in [0.25, 0.3) is 0 Å². The first-order valence-electron chi connectivity index (χ1n) is 13.9. The minimum absolute atomic E-state index is 0.0214. The van der Waals surface area contributed by atoms with E-state index in [1.54, 1.807) is 0 Å². The number of amides is 1. The Kier molecular flexibility index (Phi) is 6.67. The van der Waals surface area contributed by atoms with Crippen LogP contribution in [0, 0.1) is 5.41 Å². The lowest BCUT2D eigenvalue weighted by Crippen LogP contribution is -2.62. The number of fused-ring (bicyclic) bond motifs is 1. The monoisotopic (exact) mass is 514 g/mol. The Labute approximate surface area is 227 Å². The lowest BCUT2D eigenvalue weighted by molar-refractivity contribution is -0.121. The number of piperidine rings is 1. The van der Waals surface area contributed by atoms with Crippen LogP contribution in [-0.4, -0.2) is 35.4 Å². The molecule has 2 aromatic carbocycles. The molecule has 1 unspecified atom stereocenters. The molecule has 0 radical (unpaired) electrons. The number of anilines is 2. The molecule has 2 heterocycles. The molecule has 1 aliphatic carbocycles. The van der Waals surface area contributed by atoms with Gasteiger partial charge in [-0.1, -0.05) is 56.3 Å². The van der Waals surface area contributed by atoms with E-state index in [2.05, 4.69) is 80.6 Å². The van der Waals surface area contributed by atoms with Gasteiger partial charge >= 0.3 is 0 Å². The zero-order valence-electron chi connectivity index (χ0n) is 23.7. The van der Waals surface area contributed by atoms with Crippen molar-refractivity contribution in [2.24, 2.45) is 5.41 Å². The summed E-state index contributed by atoms with van der Waals surface area (Å²) < 4.78 is 0. The molecule has 38 heavy (non-hydrogen) atoms. The average molecular weight is 515 g/mol. The van der Waals surface area contributed by atoms with Crippen LogP contribution >= 0.6 is 0 Å². The number of carbonyl (C=O) groups is 2. The quantitative estimate of drug-likeness (QED) is 0.486. The van der Waals surface area contributed by atoms with Crippen LogP contribution in [0.5, 0.6) is 0 Å². The van der Waals surface area contributed by atoms with Crippen LogP contribution in [0.4, 0.5) is 11.4 Å². The highest BCUT2D eigenvalue weighted by molar-refractivity contribution is 6.01. The molecule has 5 rings (SSSR count). The molecule has 202 valence electrons. The number of nitrogens with zero attached hydrogens (tertiary/aromatic N) is 1. The lowest BCUT2D eigenvalue weighted by atomic mass is 9.73. The highest BCUT2D eigenvalue weighted by atomic mass is 16.2. The molecule has 1 amide bonds. The molecule has 2 aliphatic heterocycles. The zero-order chi connectivity index (χ0) is 27.3. The minimum Gasteiger partial charge on any atom is -0.357 e. The van der Waals surface area contributed by atoms with Gasteiger partial charge in [-0.3, -0.25) is 9.59 Å². The van der Waals surface area contributed by atoms with Crippen LogP contribution in [0.3, 0.4) is 0 Å². The number of ketones is 1. The van der Waals surface area contributed by atoms with E-state index in [1.807, 2.05) is 36.4 Å². The molecule has 2 aromatic rings. The molecule has 1 atom stereocenters. The summed E-state index contributed by atoms with van der Waals surface area (Å²) in [5.74, 6) is 0.129. The summed E-state index contributed by atoms with van der Waals surface area (Å²) in [6.07, 6.45) is 3.01. The van der Waals surface area contributed by atoms with Gasteiger partial charge in [0.05, 0.1) is 24.0 Å². The number of hydrogen-bond donors (Lipinski definition) is 3. The van der Waals surface area contributed by atoms with Gasteiger partial charge in [0.1, 0.15) is 0 Å². The van der Waals surface area contributed by atoms with Crippen molar-refractivity contribution in [3.8, 4) is 0 Å². The molecular weight excluding hydrogens is 472 g/mol. The summed E-state index contributed by atoms with van der Waals surface area (Å²) in [6.45, 7) is 13.2. The topological polar surface area (TPSA) is 73.5 Å². The molecule has 0 aromatic heterocycles. The number of Topliss-reactive ketones (excluding diaryl/α,β-unsaturated/α-hetero) is 1. The summed E-state index contributed by atoms with van der Waals surface area (Å²) in [6, 6.07) is 18.0. The number of hydrogen-bond acceptors (Lipinski definition) is 5. The number of allylic oxidation sites excluding steroid dienone is 1. The van der Waals surface area contributed by atoms with Crippen molar-refractivity contribution in [3.05, 3.63) is 71.4 Å². The van der Waals surface area contributed by atoms with E-state index in [-0.39, 0.29) is 46.8 Å². The fourth-order valence-electron chi connectivity index (χ4n) is 7.06. The Balaban J connectivity index is 1.54. The van der Waals surface area contributed by atoms with Crippen LogP contribution in [0.1, 0.15) is 78.8 Å². The van der Waals surface area contributed by atoms with Crippen molar-refractivity contribution in [2.45, 2.75) is 90.4 Å². The smallest absolute Gasteiger partial charge is 0.239 e. The Morgan fingerprint density at radius 3 is 2.24 bits per heavy atom. The second-order valence-corrected chi connectivity index (χ2v) is 13.5. The van der Waals surface area contributed by atoms with E-state index in [1.165, 1.54) is 0 Å². The predicted octanol–water partition coefficient (Wildman–Crippen LogP) is 5.73. The second kappa shape index (κ2) is 9.57. The van der Waals surface area contributed by atoms with Crippen LogP contribution in [0.15, 0.2) is 65.9 Å². The maximum absolute atomic E-state index is 13.8. The summed E-state index contributed by atoms with van der Waals surface area (Å²) in [5.41, 5.74) is 4.38. The maximum atomic E-state index is 13.8. The first kappa shape index (κ1) is 26.5. The van der Waals surface area contributed by atoms with Gasteiger partial charge in [0.2, 0.25) is 5.91 Å². The standard InChI is InChI=1S/C32H42N4O2/c1-30(2)18-24-28(26(37)19-30)29(21-12-8-7-9-13-21)36(25-15-11-10-14-23(25)34-24)20-27(38)33-22-16-31(3,4)35-32(5,6)17-22/h7-15,22,29,34-35H,16-20H2,1-6H3,(H,33,38). The minimum atomic E-state index is -0.349. The Morgan fingerprint density at radius 1 is 0.921 bits per heavy atom. The average Bonchev–Trinajstić information content (AvgIpc) is 2.91. The van der Waals surface area contributed by atoms with Gasteiger partial charge in [-0.2, -0.15) is 0 Å². The Morgan fingerprint density at radius 2 is 1.55 bits per heavy atom. The number of carbonyl (C=O) groups excluding carboxylic acids is 2. The van der Waals surface area contributed by atoms with Crippen molar-refractivity contribution < 1.29 is 9.59 Å². The fraction of sp³-hybridized carbons (Fsp3) is 0.500. The normalized spacial score (nSPS) is 24.1. The van der Waals surface area contributed by atoms with E-state index in [4.69, 9.17) is 0 Å². The molecule has 3 N–H and O–H groups in total.